The zero-order valence-corrected chi connectivity index (χ0v) is 7.81. The van der Waals surface area contributed by atoms with Gasteiger partial charge in [0.1, 0.15) is 0 Å². The van der Waals surface area contributed by atoms with Gasteiger partial charge in [-0.2, -0.15) is 0 Å². The SMILES string of the molecule is O=P(O)(O)O.OCCC1=NCCN1. The van der Waals surface area contributed by atoms with Crippen LogP contribution in [0.15, 0.2) is 4.99 Å². The van der Waals surface area contributed by atoms with E-state index in [1.54, 1.807) is 0 Å². The van der Waals surface area contributed by atoms with Gasteiger partial charge < -0.3 is 25.1 Å². The average Bonchev–Trinajstić information content (AvgIpc) is 2.36. The van der Waals surface area contributed by atoms with Crippen molar-refractivity contribution in [2.75, 3.05) is 19.7 Å². The molecule has 0 unspecified atom stereocenters. The number of aliphatic hydroxyl groups excluding tert-OH is 1. The predicted octanol–water partition coefficient (Wildman–Crippen LogP) is -1.56. The van der Waals surface area contributed by atoms with Crippen LogP contribution in [0.4, 0.5) is 0 Å². The van der Waals surface area contributed by atoms with Gasteiger partial charge in [-0.05, 0) is 0 Å². The van der Waals surface area contributed by atoms with E-state index in [-0.39, 0.29) is 6.61 Å². The molecule has 1 rings (SSSR count). The lowest BCUT2D eigenvalue weighted by Gasteiger charge is -1.95. The minimum Gasteiger partial charge on any atom is -0.396 e. The summed E-state index contributed by atoms with van der Waals surface area (Å²) in [5, 5.41) is 11.5. The van der Waals surface area contributed by atoms with Gasteiger partial charge in [-0.3, -0.25) is 4.99 Å². The van der Waals surface area contributed by atoms with E-state index in [4.69, 9.17) is 24.4 Å². The molecule has 0 saturated carbocycles. The van der Waals surface area contributed by atoms with Gasteiger partial charge in [0, 0.05) is 13.0 Å². The average molecular weight is 212 g/mol. The molecule has 0 atom stereocenters. The maximum absolute atomic E-state index is 8.88. The molecule has 5 N–H and O–H groups in total. The molecule has 1 heterocycles. The van der Waals surface area contributed by atoms with Gasteiger partial charge in [0.25, 0.3) is 0 Å². The number of hydrogen-bond donors (Lipinski definition) is 5. The van der Waals surface area contributed by atoms with Gasteiger partial charge in [-0.25, -0.2) is 4.57 Å². The molecule has 0 spiro atoms. The van der Waals surface area contributed by atoms with Crippen LogP contribution < -0.4 is 5.32 Å². The van der Waals surface area contributed by atoms with Crippen molar-refractivity contribution in [1.29, 1.82) is 0 Å². The maximum Gasteiger partial charge on any atom is 0.466 e. The normalized spacial score (nSPS) is 15.5. The number of nitrogens with zero attached hydrogens (tertiary/aromatic N) is 1. The van der Waals surface area contributed by atoms with Crippen molar-refractivity contribution in [3.05, 3.63) is 0 Å². The van der Waals surface area contributed by atoms with Crippen molar-refractivity contribution >= 4 is 13.7 Å². The second kappa shape index (κ2) is 6.06. The Bertz CT molecular complexity index is 205. The van der Waals surface area contributed by atoms with Crippen molar-refractivity contribution in [2.24, 2.45) is 4.99 Å². The van der Waals surface area contributed by atoms with Gasteiger partial charge in [-0.1, -0.05) is 0 Å². The van der Waals surface area contributed by atoms with Crippen molar-refractivity contribution in [2.45, 2.75) is 6.42 Å². The summed E-state index contributed by atoms with van der Waals surface area (Å²) in [5.74, 6) is 0.951. The summed E-state index contributed by atoms with van der Waals surface area (Å²) in [7, 11) is -4.64. The quantitative estimate of drug-likeness (QED) is 0.353. The monoisotopic (exact) mass is 212 g/mol. The molecule has 1 aliphatic rings. The molecule has 1 aliphatic heterocycles. The zero-order chi connectivity index (χ0) is 10.3. The first-order valence-corrected chi connectivity index (χ1v) is 5.16. The Labute approximate surface area is 75.4 Å². The van der Waals surface area contributed by atoms with Crippen molar-refractivity contribution in [3.63, 3.8) is 0 Å². The van der Waals surface area contributed by atoms with Crippen LogP contribution in [0.2, 0.25) is 0 Å². The summed E-state index contributed by atoms with van der Waals surface area (Å²) in [6.07, 6.45) is 0.681. The van der Waals surface area contributed by atoms with Crippen molar-refractivity contribution in [3.8, 4) is 0 Å². The number of rotatable bonds is 2. The van der Waals surface area contributed by atoms with Crippen LogP contribution in [0.3, 0.4) is 0 Å². The summed E-state index contributed by atoms with van der Waals surface area (Å²) in [6, 6.07) is 0. The molecule has 0 aromatic rings. The van der Waals surface area contributed by atoms with Crippen LogP contribution in [0.25, 0.3) is 0 Å². The molecule has 0 aromatic heterocycles. The van der Waals surface area contributed by atoms with Gasteiger partial charge in [-0.15, -0.1) is 0 Å². The van der Waals surface area contributed by atoms with E-state index in [1.807, 2.05) is 0 Å². The highest BCUT2D eigenvalue weighted by molar-refractivity contribution is 7.45. The van der Waals surface area contributed by atoms with Gasteiger partial charge in [0.15, 0.2) is 0 Å². The largest absolute Gasteiger partial charge is 0.466 e. The fourth-order valence-electron chi connectivity index (χ4n) is 0.720. The number of phosphoric acid groups is 1. The van der Waals surface area contributed by atoms with Crippen LogP contribution in [0.5, 0.6) is 0 Å². The standard InChI is InChI=1S/C5H10N2O.H3O4P/c8-4-1-5-6-2-3-7-5;1-5(2,3)4/h8H,1-4H2,(H,6,7);(H3,1,2,3,4). The van der Waals surface area contributed by atoms with E-state index in [9.17, 15) is 0 Å². The Morgan fingerprint density at radius 1 is 1.46 bits per heavy atom. The molecular formula is C5H13N2O5P. The van der Waals surface area contributed by atoms with E-state index in [2.05, 4.69) is 10.3 Å². The van der Waals surface area contributed by atoms with E-state index < -0.39 is 7.82 Å². The van der Waals surface area contributed by atoms with Crippen LogP contribution >= 0.6 is 7.82 Å². The van der Waals surface area contributed by atoms with Crippen LogP contribution in [-0.2, 0) is 4.57 Å². The van der Waals surface area contributed by atoms with E-state index in [0.717, 1.165) is 18.9 Å². The minimum atomic E-state index is -4.64. The summed E-state index contributed by atoms with van der Waals surface area (Å²) in [4.78, 5) is 25.6. The van der Waals surface area contributed by atoms with Gasteiger partial charge in [0.05, 0.1) is 19.0 Å². The molecule has 78 valence electrons. The highest BCUT2D eigenvalue weighted by atomic mass is 31.2. The zero-order valence-electron chi connectivity index (χ0n) is 6.92. The third-order valence-corrected chi connectivity index (χ3v) is 1.09. The van der Waals surface area contributed by atoms with Gasteiger partial charge in [0.2, 0.25) is 0 Å². The van der Waals surface area contributed by atoms with Crippen LogP contribution in [0, 0.1) is 0 Å². The van der Waals surface area contributed by atoms with E-state index in [1.165, 1.54) is 0 Å². The Hall–Kier alpha value is -0.460. The molecule has 13 heavy (non-hydrogen) atoms. The topological polar surface area (TPSA) is 122 Å². The fraction of sp³-hybridized carbons (Fsp3) is 0.800. The lowest BCUT2D eigenvalue weighted by Crippen LogP contribution is -2.19. The molecule has 0 aromatic carbocycles. The van der Waals surface area contributed by atoms with Crippen molar-refractivity contribution < 1.29 is 24.4 Å². The van der Waals surface area contributed by atoms with Crippen LogP contribution in [0.1, 0.15) is 6.42 Å². The fourth-order valence-corrected chi connectivity index (χ4v) is 0.720. The highest BCUT2D eigenvalue weighted by Crippen LogP contribution is 2.25. The number of aliphatic imine (C=N–C) groups is 1. The third-order valence-electron chi connectivity index (χ3n) is 1.09. The van der Waals surface area contributed by atoms with Gasteiger partial charge >= 0.3 is 7.82 Å². The molecule has 0 amide bonds. The maximum atomic E-state index is 8.88. The first-order valence-electron chi connectivity index (χ1n) is 3.60. The molecule has 0 saturated heterocycles. The summed E-state index contributed by atoms with van der Waals surface area (Å²) in [6.45, 7) is 2.01. The van der Waals surface area contributed by atoms with Crippen molar-refractivity contribution in [1.82, 2.24) is 5.32 Å². The summed E-state index contributed by atoms with van der Waals surface area (Å²) >= 11 is 0. The molecule has 0 radical (unpaired) electrons. The number of aliphatic hydroxyl groups is 1. The minimum absolute atomic E-state index is 0.200. The second-order valence-electron chi connectivity index (χ2n) is 2.24. The number of hydrogen-bond acceptors (Lipinski definition) is 4. The Morgan fingerprint density at radius 2 is 2.00 bits per heavy atom. The molecular weight excluding hydrogens is 199 g/mol. The van der Waals surface area contributed by atoms with E-state index in [0.29, 0.717) is 6.42 Å². The molecule has 8 heteroatoms. The number of amidine groups is 1. The lowest BCUT2D eigenvalue weighted by molar-refractivity contribution is 0.275. The Kier molecular flexibility index (Phi) is 5.85. The first kappa shape index (κ1) is 12.5. The smallest absolute Gasteiger partial charge is 0.396 e. The Balaban J connectivity index is 0.000000252. The lowest BCUT2D eigenvalue weighted by atomic mass is 10.4. The predicted molar refractivity (Wildman–Crippen MR) is 46.3 cm³/mol. The summed E-state index contributed by atoms with van der Waals surface area (Å²) in [5.41, 5.74) is 0. The molecule has 0 aliphatic carbocycles. The third kappa shape index (κ3) is 11.5. The highest BCUT2D eigenvalue weighted by Gasteiger charge is 2.01. The molecule has 0 bridgehead atoms. The first-order chi connectivity index (χ1) is 5.93. The second-order valence-corrected chi connectivity index (χ2v) is 3.27. The van der Waals surface area contributed by atoms with E-state index >= 15 is 0 Å². The summed E-state index contributed by atoms with van der Waals surface area (Å²) < 4.78 is 8.88. The molecule has 7 nitrogen and oxygen atoms in total. The number of nitrogens with one attached hydrogen (secondary N) is 1. The van der Waals surface area contributed by atoms with Crippen LogP contribution in [-0.4, -0.2) is 45.3 Å². The molecule has 0 fully saturated rings. The Morgan fingerprint density at radius 3 is 2.31 bits per heavy atom.